The molecular weight excluding hydrogens is 546 g/mol. The van der Waals surface area contributed by atoms with Gasteiger partial charge in [-0.05, 0) is 37.6 Å². The molecule has 41 heavy (non-hydrogen) atoms. The van der Waals surface area contributed by atoms with Crippen molar-refractivity contribution in [3.05, 3.63) is 113 Å². The molecular formula is C30H27N3O7S. The van der Waals surface area contributed by atoms with Crippen molar-refractivity contribution in [2.75, 3.05) is 13.7 Å². The van der Waals surface area contributed by atoms with Crippen molar-refractivity contribution in [2.45, 2.75) is 32.7 Å². The average Bonchev–Trinajstić information content (AvgIpc) is 3.56. The highest BCUT2D eigenvalue weighted by atomic mass is 32.1. The number of methoxy groups -OCH3 is 1. The predicted molar refractivity (Wildman–Crippen MR) is 153 cm³/mol. The van der Waals surface area contributed by atoms with Crippen molar-refractivity contribution in [3.8, 4) is 17.1 Å². The first kappa shape index (κ1) is 27.8. The number of benzene rings is 2. The molecule has 10 nitrogen and oxygen atoms in total. The van der Waals surface area contributed by atoms with E-state index in [1.54, 1.807) is 49.4 Å². The molecule has 0 aliphatic carbocycles. The fourth-order valence-electron chi connectivity index (χ4n) is 4.85. The highest BCUT2D eigenvalue weighted by Gasteiger charge is 2.35. The summed E-state index contributed by atoms with van der Waals surface area (Å²) in [6.07, 6.45) is 2.83. The second-order valence-corrected chi connectivity index (χ2v) is 10.1. The van der Waals surface area contributed by atoms with Gasteiger partial charge in [0.2, 0.25) is 0 Å². The Morgan fingerprint density at radius 2 is 1.90 bits per heavy atom. The lowest BCUT2D eigenvalue weighted by atomic mass is 9.93. The molecule has 1 aliphatic heterocycles. The van der Waals surface area contributed by atoms with E-state index in [-0.39, 0.29) is 17.9 Å². The first-order valence-corrected chi connectivity index (χ1v) is 13.9. The van der Waals surface area contributed by atoms with Gasteiger partial charge in [-0.25, -0.2) is 9.79 Å². The van der Waals surface area contributed by atoms with Crippen LogP contribution >= 0.6 is 11.3 Å². The lowest BCUT2D eigenvalue weighted by molar-refractivity contribution is -0.384. The Labute approximate surface area is 238 Å². The molecule has 1 aliphatic rings. The van der Waals surface area contributed by atoms with Gasteiger partial charge >= 0.3 is 5.97 Å². The zero-order valence-corrected chi connectivity index (χ0v) is 23.5. The minimum atomic E-state index is -0.815. The van der Waals surface area contributed by atoms with E-state index in [1.165, 1.54) is 29.1 Å². The van der Waals surface area contributed by atoms with Gasteiger partial charge in [0.1, 0.15) is 23.3 Å². The maximum absolute atomic E-state index is 13.9. The highest BCUT2D eigenvalue weighted by molar-refractivity contribution is 7.07. The van der Waals surface area contributed by atoms with Gasteiger partial charge in [-0.2, -0.15) is 0 Å². The van der Waals surface area contributed by atoms with Crippen LogP contribution < -0.4 is 19.6 Å². The number of nitro groups is 1. The summed E-state index contributed by atoms with van der Waals surface area (Å²) in [7, 11) is 1.54. The first-order valence-electron chi connectivity index (χ1n) is 13.1. The van der Waals surface area contributed by atoms with E-state index in [2.05, 4.69) is 0 Å². The minimum absolute atomic E-state index is 0.0838. The maximum Gasteiger partial charge on any atom is 0.338 e. The van der Waals surface area contributed by atoms with Gasteiger partial charge in [0.25, 0.3) is 11.2 Å². The summed E-state index contributed by atoms with van der Waals surface area (Å²) in [6, 6.07) is 16.0. The van der Waals surface area contributed by atoms with E-state index in [4.69, 9.17) is 18.9 Å². The Balaban J connectivity index is 1.70. The zero-order valence-electron chi connectivity index (χ0n) is 22.7. The molecule has 11 heteroatoms. The molecule has 3 heterocycles. The van der Waals surface area contributed by atoms with E-state index < -0.39 is 16.9 Å². The van der Waals surface area contributed by atoms with Gasteiger partial charge in [-0.3, -0.25) is 19.5 Å². The fraction of sp³-hybridized carbons (Fsp3) is 0.233. The normalized spacial score (nSPS) is 14.9. The number of para-hydroxylation sites is 2. The molecule has 0 amide bonds. The molecule has 0 bridgehead atoms. The van der Waals surface area contributed by atoms with Crippen molar-refractivity contribution < 1.29 is 23.6 Å². The van der Waals surface area contributed by atoms with Gasteiger partial charge < -0.3 is 13.9 Å². The monoisotopic (exact) mass is 573 g/mol. The van der Waals surface area contributed by atoms with E-state index in [0.717, 1.165) is 6.42 Å². The summed E-state index contributed by atoms with van der Waals surface area (Å²) in [5.74, 6) is 0.630. The number of carbonyl (C=O) groups is 1. The Morgan fingerprint density at radius 1 is 1.15 bits per heavy atom. The Morgan fingerprint density at radius 3 is 2.63 bits per heavy atom. The molecule has 1 atom stereocenters. The molecule has 210 valence electrons. The number of aromatic nitrogens is 1. The number of allylic oxidation sites excluding steroid dienone is 1. The van der Waals surface area contributed by atoms with Crippen LogP contribution in [0.3, 0.4) is 0 Å². The second kappa shape index (κ2) is 11.8. The predicted octanol–water partition coefficient (Wildman–Crippen LogP) is 4.76. The lowest BCUT2D eigenvalue weighted by Crippen LogP contribution is -2.40. The van der Waals surface area contributed by atoms with Crippen LogP contribution in [0.15, 0.2) is 86.1 Å². The number of carbonyl (C=O) groups excluding carboxylic acids is 1. The third kappa shape index (κ3) is 5.23. The zero-order chi connectivity index (χ0) is 29.1. The molecule has 0 spiro atoms. The van der Waals surface area contributed by atoms with E-state index in [1.807, 2.05) is 25.1 Å². The van der Waals surface area contributed by atoms with Crippen LogP contribution in [-0.4, -0.2) is 29.2 Å². The third-order valence-electron chi connectivity index (χ3n) is 6.59. The van der Waals surface area contributed by atoms with E-state index in [9.17, 15) is 19.7 Å². The number of nitrogens with zero attached hydrogens (tertiary/aromatic N) is 3. The number of thiazole rings is 1. The van der Waals surface area contributed by atoms with Crippen LogP contribution in [0.1, 0.15) is 44.1 Å². The van der Waals surface area contributed by atoms with Crippen molar-refractivity contribution in [2.24, 2.45) is 4.99 Å². The fourth-order valence-corrected chi connectivity index (χ4v) is 5.85. The molecule has 0 saturated carbocycles. The van der Waals surface area contributed by atoms with Crippen molar-refractivity contribution in [1.82, 2.24) is 4.57 Å². The van der Waals surface area contributed by atoms with Gasteiger partial charge in [0.15, 0.2) is 4.80 Å². The number of hydrogen-bond acceptors (Lipinski definition) is 9. The number of esters is 1. The van der Waals surface area contributed by atoms with E-state index in [0.29, 0.717) is 55.4 Å². The first-order chi connectivity index (χ1) is 19.9. The summed E-state index contributed by atoms with van der Waals surface area (Å²) >= 11 is 1.17. The van der Waals surface area contributed by atoms with Crippen molar-refractivity contribution in [1.29, 1.82) is 0 Å². The van der Waals surface area contributed by atoms with Crippen molar-refractivity contribution >= 4 is 29.1 Å². The quantitative estimate of drug-likeness (QED) is 0.161. The second-order valence-electron chi connectivity index (χ2n) is 9.13. The molecule has 5 rings (SSSR count). The summed E-state index contributed by atoms with van der Waals surface area (Å²) in [6.45, 7) is 3.89. The Bertz CT molecular complexity index is 1850. The Hall–Kier alpha value is -4.77. The standard InChI is InChI=1S/C30H27N3O7S/c1-4-10-21-26(29(35)39-5-2)27(20-12-7-9-14-23(20)38-3)32-28(34)25(41-30(32)31-21)17-18-15-16-24(40-18)19-11-6-8-13-22(19)33(36)37/h6-9,11-17,27H,4-5,10H2,1-3H3/b25-17-. The lowest BCUT2D eigenvalue weighted by Gasteiger charge is -2.26. The number of nitro benzene ring substituents is 1. The number of ether oxygens (including phenoxy) is 2. The SMILES string of the molecule is CCCC1=C(C(=O)OCC)C(c2ccccc2OC)n2c(s/c(=C\c3ccc(-c4ccccc4[N+](=O)[O-])o3)c2=O)=N1. The van der Waals surface area contributed by atoms with Crippen molar-refractivity contribution in [3.63, 3.8) is 0 Å². The van der Waals surface area contributed by atoms with Crippen LogP contribution in [0.5, 0.6) is 5.75 Å². The number of hydrogen-bond donors (Lipinski definition) is 0. The molecule has 2 aromatic carbocycles. The smallest absolute Gasteiger partial charge is 0.338 e. The summed E-state index contributed by atoms with van der Waals surface area (Å²) in [5, 5.41) is 11.5. The number of rotatable bonds is 9. The van der Waals surface area contributed by atoms with Crippen LogP contribution in [0.25, 0.3) is 17.4 Å². The van der Waals surface area contributed by atoms with Crippen LogP contribution in [0.2, 0.25) is 0 Å². The molecule has 1 unspecified atom stereocenters. The van der Waals surface area contributed by atoms with Gasteiger partial charge in [0, 0.05) is 17.7 Å². The number of fused-ring (bicyclic) bond motifs is 1. The molecule has 0 N–H and O–H groups in total. The van der Waals surface area contributed by atoms with Crippen LogP contribution in [0, 0.1) is 10.1 Å². The van der Waals surface area contributed by atoms with E-state index >= 15 is 0 Å². The third-order valence-corrected chi connectivity index (χ3v) is 7.57. The largest absolute Gasteiger partial charge is 0.496 e. The van der Waals surface area contributed by atoms with Gasteiger partial charge in [-0.15, -0.1) is 0 Å². The molecule has 0 radical (unpaired) electrons. The Kier molecular flexibility index (Phi) is 7.97. The molecule has 2 aromatic heterocycles. The molecule has 4 aromatic rings. The average molecular weight is 574 g/mol. The highest BCUT2D eigenvalue weighted by Crippen LogP contribution is 2.37. The van der Waals surface area contributed by atoms with Gasteiger partial charge in [-0.1, -0.05) is 55.0 Å². The molecule has 0 fully saturated rings. The summed E-state index contributed by atoms with van der Waals surface area (Å²) in [4.78, 5) is 43.5. The number of furan rings is 1. The molecule has 0 saturated heterocycles. The summed E-state index contributed by atoms with van der Waals surface area (Å²) in [5.41, 5.74) is 1.37. The van der Waals surface area contributed by atoms with Crippen LogP contribution in [-0.2, 0) is 9.53 Å². The maximum atomic E-state index is 13.9. The van der Waals surface area contributed by atoms with Crippen LogP contribution in [0.4, 0.5) is 5.69 Å². The van der Waals surface area contributed by atoms with Gasteiger partial charge in [0.05, 0.1) is 40.0 Å². The summed E-state index contributed by atoms with van der Waals surface area (Å²) < 4.78 is 18.8. The topological polar surface area (TPSA) is 126 Å². The minimum Gasteiger partial charge on any atom is -0.496 e.